The van der Waals surface area contributed by atoms with Crippen LogP contribution >= 0.6 is 34.3 Å². The van der Waals surface area contributed by atoms with Crippen molar-refractivity contribution >= 4 is 70.4 Å². The standard InChI is InChI=1S/C21H25ClN4O6S4/c1-2-32-11-10-26-16-6-5-15(35(23,28)29)12-17(16)33-21(26)24-20(27)14-4-3-9-25(13-14)36(30,31)19-8-7-18(22)34-19/h5-8,12,14H,2-4,9-11,13H2,1H3,(H2,23,28,29). The molecule has 1 aliphatic rings. The molecule has 2 aromatic heterocycles. The smallest absolute Gasteiger partial charge is 0.252 e. The maximum absolute atomic E-state index is 13.2. The molecule has 36 heavy (non-hydrogen) atoms. The Balaban J connectivity index is 1.66. The van der Waals surface area contributed by atoms with Crippen molar-refractivity contribution in [3.05, 3.63) is 39.5 Å². The van der Waals surface area contributed by atoms with Gasteiger partial charge in [-0.15, -0.1) is 11.3 Å². The molecule has 1 amide bonds. The molecular weight excluding hydrogens is 568 g/mol. The van der Waals surface area contributed by atoms with Crippen LogP contribution in [0.4, 0.5) is 0 Å². The second kappa shape index (κ2) is 11.0. The number of piperidine rings is 1. The summed E-state index contributed by atoms with van der Waals surface area (Å²) in [5.74, 6) is -1.03. The second-order valence-corrected chi connectivity index (χ2v) is 14.6. The van der Waals surface area contributed by atoms with Crippen molar-refractivity contribution in [1.82, 2.24) is 8.87 Å². The molecule has 0 bridgehead atoms. The van der Waals surface area contributed by atoms with Gasteiger partial charge in [-0.1, -0.05) is 22.9 Å². The van der Waals surface area contributed by atoms with Crippen LogP contribution in [0.15, 0.2) is 44.4 Å². The predicted octanol–water partition coefficient (Wildman–Crippen LogP) is 2.63. The molecular formula is C21H25ClN4O6S4. The average molecular weight is 593 g/mol. The molecule has 1 aromatic carbocycles. The molecule has 1 unspecified atom stereocenters. The summed E-state index contributed by atoms with van der Waals surface area (Å²) >= 11 is 8.06. The minimum Gasteiger partial charge on any atom is -0.380 e. The summed E-state index contributed by atoms with van der Waals surface area (Å²) in [4.78, 5) is 17.9. The van der Waals surface area contributed by atoms with E-state index in [-0.39, 0.29) is 15.6 Å². The largest absolute Gasteiger partial charge is 0.380 e. The van der Waals surface area contributed by atoms with Crippen LogP contribution in [0.25, 0.3) is 10.2 Å². The minimum atomic E-state index is -3.90. The zero-order chi connectivity index (χ0) is 26.1. The maximum Gasteiger partial charge on any atom is 0.252 e. The Morgan fingerprint density at radius 3 is 2.67 bits per heavy atom. The van der Waals surface area contributed by atoms with E-state index < -0.39 is 31.9 Å². The molecule has 2 N–H and O–H groups in total. The number of ether oxygens (including phenoxy) is 1. The van der Waals surface area contributed by atoms with Crippen LogP contribution in [-0.4, -0.2) is 57.9 Å². The molecule has 1 aliphatic heterocycles. The number of nitrogens with two attached hydrogens (primary N) is 1. The first-order valence-corrected chi connectivity index (χ1v) is 16.1. The number of hydrogen-bond donors (Lipinski definition) is 1. The Kier molecular flexibility index (Phi) is 8.36. The summed E-state index contributed by atoms with van der Waals surface area (Å²) in [7, 11) is -7.65. The number of carbonyl (C=O) groups excluding carboxylic acids is 1. The van der Waals surface area contributed by atoms with Crippen LogP contribution in [0.3, 0.4) is 0 Å². The summed E-state index contributed by atoms with van der Waals surface area (Å²) in [6.45, 7) is 3.51. The van der Waals surface area contributed by atoms with E-state index in [1.807, 2.05) is 6.92 Å². The van der Waals surface area contributed by atoms with Crippen molar-refractivity contribution in [1.29, 1.82) is 0 Å². The summed E-state index contributed by atoms with van der Waals surface area (Å²) < 4.78 is 59.3. The van der Waals surface area contributed by atoms with Gasteiger partial charge in [0.05, 0.1) is 32.0 Å². The third-order valence-electron chi connectivity index (χ3n) is 5.73. The number of thiophene rings is 1. The normalized spacial score (nSPS) is 18.2. The van der Waals surface area contributed by atoms with Crippen molar-refractivity contribution < 1.29 is 26.4 Å². The third-order valence-corrected chi connectivity index (χ3v) is 11.2. The fourth-order valence-corrected chi connectivity index (χ4v) is 8.82. The maximum atomic E-state index is 13.2. The lowest BCUT2D eigenvalue weighted by atomic mass is 9.99. The van der Waals surface area contributed by atoms with Crippen LogP contribution in [0.1, 0.15) is 19.8 Å². The van der Waals surface area contributed by atoms with Crippen LogP contribution in [0.5, 0.6) is 0 Å². The fraction of sp³-hybridized carbons (Fsp3) is 0.429. The monoisotopic (exact) mass is 592 g/mol. The number of carbonyl (C=O) groups is 1. The molecule has 1 atom stereocenters. The SMILES string of the molecule is CCOCCn1c(=NC(=O)C2CCCN(S(=O)(=O)c3ccc(Cl)s3)C2)sc2cc(S(N)(=O)=O)ccc21. The molecule has 0 spiro atoms. The predicted molar refractivity (Wildman–Crippen MR) is 139 cm³/mol. The van der Waals surface area contributed by atoms with Gasteiger partial charge in [0.15, 0.2) is 4.80 Å². The minimum absolute atomic E-state index is 0.0274. The molecule has 15 heteroatoms. The molecule has 1 saturated heterocycles. The highest BCUT2D eigenvalue weighted by molar-refractivity contribution is 7.91. The molecule has 1 fully saturated rings. The number of rotatable bonds is 8. The van der Waals surface area contributed by atoms with Crippen LogP contribution in [0.2, 0.25) is 4.34 Å². The highest BCUT2D eigenvalue weighted by Crippen LogP contribution is 2.31. The highest BCUT2D eigenvalue weighted by atomic mass is 35.5. The van der Waals surface area contributed by atoms with E-state index in [2.05, 4.69) is 4.99 Å². The topological polar surface area (TPSA) is 141 Å². The Labute approximate surface area is 222 Å². The molecule has 4 rings (SSSR count). The van der Waals surface area contributed by atoms with E-state index in [1.54, 1.807) is 10.6 Å². The van der Waals surface area contributed by atoms with E-state index in [9.17, 15) is 21.6 Å². The van der Waals surface area contributed by atoms with Crippen molar-refractivity contribution in [3.8, 4) is 0 Å². The Morgan fingerprint density at radius 2 is 2.00 bits per heavy atom. The quantitative estimate of drug-likeness (QED) is 0.399. The number of amides is 1. The lowest BCUT2D eigenvalue weighted by Crippen LogP contribution is -2.42. The van der Waals surface area contributed by atoms with E-state index in [1.165, 1.54) is 39.9 Å². The van der Waals surface area contributed by atoms with Gasteiger partial charge in [-0.25, -0.2) is 22.0 Å². The van der Waals surface area contributed by atoms with Gasteiger partial charge in [-0.05, 0) is 50.1 Å². The van der Waals surface area contributed by atoms with Crippen LogP contribution < -0.4 is 9.94 Å². The molecule has 0 radical (unpaired) electrons. The van der Waals surface area contributed by atoms with Gasteiger partial charge >= 0.3 is 0 Å². The lowest BCUT2D eigenvalue weighted by Gasteiger charge is -2.29. The number of aromatic nitrogens is 1. The summed E-state index contributed by atoms with van der Waals surface area (Å²) in [6.07, 6.45) is 1.04. The first kappa shape index (κ1) is 27.4. The molecule has 3 heterocycles. The Bertz CT molecular complexity index is 1560. The number of primary sulfonamides is 1. The van der Waals surface area contributed by atoms with E-state index in [4.69, 9.17) is 21.5 Å². The number of halogens is 1. The highest BCUT2D eigenvalue weighted by Gasteiger charge is 2.34. The first-order chi connectivity index (χ1) is 17.0. The van der Waals surface area contributed by atoms with E-state index in [0.29, 0.717) is 58.5 Å². The summed E-state index contributed by atoms with van der Waals surface area (Å²) in [6, 6.07) is 7.49. The van der Waals surface area contributed by atoms with Gasteiger partial charge in [0.1, 0.15) is 4.21 Å². The van der Waals surface area contributed by atoms with Gasteiger partial charge in [-0.3, -0.25) is 4.79 Å². The van der Waals surface area contributed by atoms with E-state index >= 15 is 0 Å². The first-order valence-electron chi connectivity index (χ1n) is 11.1. The Hall–Kier alpha value is -1.65. The second-order valence-electron chi connectivity index (χ2n) is 8.12. The zero-order valence-corrected chi connectivity index (χ0v) is 23.3. The zero-order valence-electron chi connectivity index (χ0n) is 19.3. The molecule has 196 valence electrons. The number of fused-ring (bicyclic) bond motifs is 1. The van der Waals surface area contributed by atoms with Crippen LogP contribution in [0, 0.1) is 5.92 Å². The molecule has 10 nitrogen and oxygen atoms in total. The van der Waals surface area contributed by atoms with Gasteiger partial charge in [0.2, 0.25) is 10.0 Å². The third kappa shape index (κ3) is 5.91. The van der Waals surface area contributed by atoms with Crippen molar-refractivity contribution in [2.24, 2.45) is 16.0 Å². The van der Waals surface area contributed by atoms with Gasteiger partial charge < -0.3 is 9.30 Å². The van der Waals surface area contributed by atoms with Crippen molar-refractivity contribution in [3.63, 3.8) is 0 Å². The molecule has 3 aromatic rings. The number of nitrogens with zero attached hydrogens (tertiary/aromatic N) is 3. The van der Waals surface area contributed by atoms with Crippen molar-refractivity contribution in [2.75, 3.05) is 26.3 Å². The van der Waals surface area contributed by atoms with Gasteiger partial charge in [-0.2, -0.15) is 9.30 Å². The lowest BCUT2D eigenvalue weighted by molar-refractivity contribution is -0.122. The number of sulfonamides is 2. The van der Waals surface area contributed by atoms with E-state index in [0.717, 1.165) is 11.3 Å². The van der Waals surface area contributed by atoms with Crippen LogP contribution in [-0.2, 0) is 36.1 Å². The Morgan fingerprint density at radius 1 is 1.22 bits per heavy atom. The van der Waals surface area contributed by atoms with Gasteiger partial charge in [0.25, 0.3) is 15.9 Å². The molecule has 0 aliphatic carbocycles. The number of hydrogen-bond acceptors (Lipinski definition) is 8. The van der Waals surface area contributed by atoms with Crippen molar-refractivity contribution in [2.45, 2.75) is 35.4 Å². The number of thiazole rings is 1. The fourth-order valence-electron chi connectivity index (χ4n) is 3.94. The van der Waals surface area contributed by atoms with Gasteiger partial charge in [0, 0.05) is 26.2 Å². The molecule has 0 saturated carbocycles. The summed E-state index contributed by atoms with van der Waals surface area (Å²) in [5.41, 5.74) is 0.695. The summed E-state index contributed by atoms with van der Waals surface area (Å²) in [5, 5.41) is 5.27. The average Bonchev–Trinajstić information content (AvgIpc) is 3.42. The number of benzene rings is 1.